The van der Waals surface area contributed by atoms with E-state index in [-0.39, 0.29) is 24.1 Å². The molecule has 0 spiro atoms. The van der Waals surface area contributed by atoms with Crippen molar-refractivity contribution < 1.29 is 22.8 Å². The normalized spacial score (nSPS) is 13.5. The van der Waals surface area contributed by atoms with Crippen LogP contribution in [-0.2, 0) is 43.0 Å². The number of hydrogen-bond acceptors (Lipinski definition) is 6. The Labute approximate surface area is 266 Å². The van der Waals surface area contributed by atoms with Crippen molar-refractivity contribution >= 4 is 27.7 Å². The van der Waals surface area contributed by atoms with Crippen LogP contribution in [0.15, 0.2) is 91.0 Å². The number of carbonyl (C=O) groups is 3. The van der Waals surface area contributed by atoms with Crippen molar-refractivity contribution in [2.45, 2.75) is 56.9 Å². The maximum atomic E-state index is 13.8. The first-order chi connectivity index (χ1) is 21.6. The van der Waals surface area contributed by atoms with Crippen LogP contribution < -0.4 is 22.1 Å². The van der Waals surface area contributed by atoms with Gasteiger partial charge in [0.15, 0.2) is 0 Å². The number of benzene rings is 3. The topological polar surface area (TPSA) is 165 Å². The lowest BCUT2D eigenvalue weighted by atomic mass is 9.99. The molecule has 45 heavy (non-hydrogen) atoms. The van der Waals surface area contributed by atoms with Gasteiger partial charge in [-0.1, -0.05) is 97.9 Å². The van der Waals surface area contributed by atoms with Crippen molar-refractivity contribution in [2.75, 3.05) is 19.6 Å². The lowest BCUT2D eigenvalue weighted by Crippen LogP contribution is -2.53. The van der Waals surface area contributed by atoms with Gasteiger partial charge in [0.1, 0.15) is 6.04 Å². The largest absolute Gasteiger partial charge is 0.368 e. The van der Waals surface area contributed by atoms with Gasteiger partial charge in [0.05, 0.1) is 12.3 Å². The number of nitrogens with two attached hydrogens (primary N) is 2. The molecular weight excluding hydrogens is 590 g/mol. The molecule has 0 aliphatic heterocycles. The second-order valence-corrected chi connectivity index (χ2v) is 13.3. The van der Waals surface area contributed by atoms with Crippen molar-refractivity contribution in [3.8, 4) is 0 Å². The first-order valence-corrected chi connectivity index (χ1v) is 16.9. The second-order valence-electron chi connectivity index (χ2n) is 11.3. The Morgan fingerprint density at radius 1 is 0.778 bits per heavy atom. The standard InChI is InChI=1S/C34H45N5O5S/c1-26(21-27-13-5-2-6-14-27)34(42)37-30(22-28-15-7-3-8-16-28)23-39(45(43,44)25-29-17-9-4-10-18-29)24-32(40)38-31(33(36)41)19-11-12-20-35/h2-10,13-18,26,30-31H,11-12,19-25,35H2,1H3,(H2,36,41)(H,37,42)(H,38,40)/t26-,30?,31-/m0/s1. The molecule has 0 aliphatic rings. The van der Waals surface area contributed by atoms with Crippen LogP contribution in [0.2, 0.25) is 0 Å². The minimum Gasteiger partial charge on any atom is -0.368 e. The molecule has 0 aliphatic carbocycles. The summed E-state index contributed by atoms with van der Waals surface area (Å²) in [4.78, 5) is 38.7. The third-order valence-electron chi connectivity index (χ3n) is 7.46. The van der Waals surface area contributed by atoms with E-state index in [1.807, 2.05) is 67.6 Å². The highest BCUT2D eigenvalue weighted by molar-refractivity contribution is 7.88. The molecule has 0 saturated heterocycles. The van der Waals surface area contributed by atoms with Crippen LogP contribution in [0.25, 0.3) is 0 Å². The number of primary amides is 1. The summed E-state index contributed by atoms with van der Waals surface area (Å²) in [5.41, 5.74) is 13.6. The van der Waals surface area contributed by atoms with Gasteiger partial charge >= 0.3 is 0 Å². The summed E-state index contributed by atoms with van der Waals surface area (Å²) in [5, 5.41) is 5.66. The van der Waals surface area contributed by atoms with Crippen molar-refractivity contribution in [3.63, 3.8) is 0 Å². The van der Waals surface area contributed by atoms with Gasteiger partial charge < -0.3 is 22.1 Å². The minimum absolute atomic E-state index is 0.157. The quantitative estimate of drug-likeness (QED) is 0.148. The molecule has 0 aromatic heterocycles. The third kappa shape index (κ3) is 12.5. The lowest BCUT2D eigenvalue weighted by Gasteiger charge is -2.29. The monoisotopic (exact) mass is 635 g/mol. The van der Waals surface area contributed by atoms with E-state index in [2.05, 4.69) is 10.6 Å². The molecule has 242 valence electrons. The van der Waals surface area contributed by atoms with Gasteiger partial charge in [-0.3, -0.25) is 14.4 Å². The fraction of sp³-hybridized carbons (Fsp3) is 0.382. The minimum atomic E-state index is -4.05. The molecule has 0 fully saturated rings. The highest BCUT2D eigenvalue weighted by Gasteiger charge is 2.30. The summed E-state index contributed by atoms with van der Waals surface area (Å²) in [5.74, 6) is -2.31. The first kappa shape index (κ1) is 35.4. The van der Waals surface area contributed by atoms with Crippen molar-refractivity contribution in [1.82, 2.24) is 14.9 Å². The molecule has 3 aromatic carbocycles. The molecule has 3 rings (SSSR count). The van der Waals surface area contributed by atoms with E-state index in [9.17, 15) is 22.8 Å². The van der Waals surface area contributed by atoms with Crippen LogP contribution in [0.1, 0.15) is 42.9 Å². The molecule has 10 nitrogen and oxygen atoms in total. The van der Waals surface area contributed by atoms with Gasteiger partial charge in [0.25, 0.3) is 0 Å². The summed E-state index contributed by atoms with van der Waals surface area (Å²) in [6.07, 6.45) is 2.38. The van der Waals surface area contributed by atoms with Gasteiger partial charge in [-0.25, -0.2) is 8.42 Å². The van der Waals surface area contributed by atoms with Gasteiger partial charge in [-0.05, 0) is 55.3 Å². The Morgan fingerprint density at radius 3 is 1.84 bits per heavy atom. The third-order valence-corrected chi connectivity index (χ3v) is 9.22. The molecule has 1 unspecified atom stereocenters. The highest BCUT2D eigenvalue weighted by atomic mass is 32.2. The number of rotatable bonds is 19. The Hall–Kier alpha value is -4.06. The van der Waals surface area contributed by atoms with Crippen molar-refractivity contribution in [1.29, 1.82) is 0 Å². The molecule has 3 atom stereocenters. The van der Waals surface area contributed by atoms with Crippen molar-refractivity contribution in [2.24, 2.45) is 17.4 Å². The van der Waals surface area contributed by atoms with E-state index >= 15 is 0 Å². The van der Waals surface area contributed by atoms with Crippen LogP contribution in [0.3, 0.4) is 0 Å². The molecular formula is C34H45N5O5S. The van der Waals surface area contributed by atoms with Crippen LogP contribution in [0.5, 0.6) is 0 Å². The summed E-state index contributed by atoms with van der Waals surface area (Å²) >= 11 is 0. The van der Waals surface area contributed by atoms with E-state index in [0.29, 0.717) is 44.2 Å². The summed E-state index contributed by atoms with van der Waals surface area (Å²) < 4.78 is 28.8. The second kappa shape index (κ2) is 18.0. The number of nitrogens with zero attached hydrogens (tertiary/aromatic N) is 1. The van der Waals surface area contributed by atoms with E-state index in [1.165, 1.54) is 0 Å². The van der Waals surface area contributed by atoms with Crippen LogP contribution in [-0.4, -0.2) is 62.2 Å². The average molecular weight is 636 g/mol. The predicted octanol–water partition coefficient (Wildman–Crippen LogP) is 2.52. The summed E-state index contributed by atoms with van der Waals surface area (Å²) in [6.45, 7) is 1.56. The molecule has 6 N–H and O–H groups in total. The summed E-state index contributed by atoms with van der Waals surface area (Å²) in [6, 6.07) is 26.2. The number of sulfonamides is 1. The molecule has 0 saturated carbocycles. The first-order valence-electron chi connectivity index (χ1n) is 15.3. The van der Waals surface area contributed by atoms with Crippen LogP contribution in [0, 0.1) is 5.92 Å². The maximum absolute atomic E-state index is 13.8. The molecule has 11 heteroatoms. The van der Waals surface area contributed by atoms with E-state index in [0.717, 1.165) is 15.4 Å². The number of nitrogens with one attached hydrogen (secondary N) is 2. The molecule has 0 radical (unpaired) electrons. The lowest BCUT2D eigenvalue weighted by molar-refractivity contribution is -0.127. The van der Waals surface area contributed by atoms with Gasteiger partial charge in [0.2, 0.25) is 27.7 Å². The van der Waals surface area contributed by atoms with Crippen LogP contribution in [0.4, 0.5) is 0 Å². The maximum Gasteiger partial charge on any atom is 0.240 e. The summed E-state index contributed by atoms with van der Waals surface area (Å²) in [7, 11) is -4.05. The zero-order valence-corrected chi connectivity index (χ0v) is 26.6. The molecule has 0 bridgehead atoms. The Balaban J connectivity index is 1.86. The van der Waals surface area contributed by atoms with Gasteiger partial charge in [0, 0.05) is 18.5 Å². The molecule has 3 amide bonds. The number of carbonyl (C=O) groups excluding carboxylic acids is 3. The average Bonchev–Trinajstić information content (AvgIpc) is 3.01. The molecule has 3 aromatic rings. The Bertz CT molecular complexity index is 1460. The highest BCUT2D eigenvalue weighted by Crippen LogP contribution is 2.15. The van der Waals surface area contributed by atoms with Gasteiger partial charge in [-0.15, -0.1) is 0 Å². The number of amides is 3. The number of hydrogen-bond donors (Lipinski definition) is 4. The number of unbranched alkanes of at least 4 members (excludes halogenated alkanes) is 1. The fourth-order valence-corrected chi connectivity index (χ4v) is 6.56. The zero-order valence-electron chi connectivity index (χ0n) is 25.8. The van der Waals surface area contributed by atoms with E-state index < -0.39 is 40.5 Å². The van der Waals surface area contributed by atoms with Crippen molar-refractivity contribution in [3.05, 3.63) is 108 Å². The van der Waals surface area contributed by atoms with Crippen LogP contribution >= 0.6 is 0 Å². The fourth-order valence-electron chi connectivity index (χ4n) is 5.04. The Kier molecular flexibility index (Phi) is 14.2. The Morgan fingerprint density at radius 2 is 1.31 bits per heavy atom. The molecule has 0 heterocycles. The van der Waals surface area contributed by atoms with E-state index in [4.69, 9.17) is 11.5 Å². The SMILES string of the molecule is C[C@@H](Cc1ccccc1)C(=O)NC(Cc1ccccc1)CN(CC(=O)N[C@@H](CCCCN)C(N)=O)S(=O)(=O)Cc1ccccc1. The zero-order chi connectivity index (χ0) is 32.7. The predicted molar refractivity (Wildman–Crippen MR) is 176 cm³/mol. The van der Waals surface area contributed by atoms with E-state index in [1.54, 1.807) is 30.3 Å². The smallest absolute Gasteiger partial charge is 0.240 e. The van der Waals surface area contributed by atoms with Gasteiger partial charge in [-0.2, -0.15) is 4.31 Å².